The SMILES string of the molecule is ClC1(OCc2ccccc2)C=CC=NC1. The van der Waals surface area contributed by atoms with Crippen LogP contribution in [0.2, 0.25) is 0 Å². The van der Waals surface area contributed by atoms with Crippen LogP contribution in [-0.4, -0.2) is 17.8 Å². The first-order valence-electron chi connectivity index (χ1n) is 4.83. The van der Waals surface area contributed by atoms with E-state index >= 15 is 0 Å². The van der Waals surface area contributed by atoms with Crippen LogP contribution in [0.1, 0.15) is 5.56 Å². The van der Waals surface area contributed by atoms with Gasteiger partial charge in [-0.05, 0) is 17.7 Å². The van der Waals surface area contributed by atoms with E-state index in [9.17, 15) is 0 Å². The number of aliphatic imine (C=N–C) groups is 1. The molecular weight excluding hydrogens is 210 g/mol. The van der Waals surface area contributed by atoms with E-state index in [1.165, 1.54) is 0 Å². The van der Waals surface area contributed by atoms with Crippen LogP contribution in [0, 0.1) is 0 Å². The highest BCUT2D eigenvalue weighted by Crippen LogP contribution is 2.23. The second-order valence-corrected chi connectivity index (χ2v) is 4.05. The summed E-state index contributed by atoms with van der Waals surface area (Å²) in [5, 5.41) is -0.773. The topological polar surface area (TPSA) is 21.6 Å². The van der Waals surface area contributed by atoms with Crippen LogP contribution in [0.5, 0.6) is 0 Å². The van der Waals surface area contributed by atoms with Crippen molar-refractivity contribution in [3.05, 3.63) is 48.0 Å². The molecule has 0 radical (unpaired) electrons. The third kappa shape index (κ3) is 2.91. The van der Waals surface area contributed by atoms with Gasteiger partial charge >= 0.3 is 0 Å². The molecule has 0 fully saturated rings. The van der Waals surface area contributed by atoms with Gasteiger partial charge in [-0.25, -0.2) is 0 Å². The predicted octanol–water partition coefficient (Wildman–Crippen LogP) is 2.78. The van der Waals surface area contributed by atoms with Crippen LogP contribution in [0.15, 0.2) is 47.5 Å². The predicted molar refractivity (Wildman–Crippen MR) is 62.3 cm³/mol. The third-order valence-electron chi connectivity index (χ3n) is 2.17. The molecular formula is C12H12ClNO. The van der Waals surface area contributed by atoms with Gasteiger partial charge in [-0.2, -0.15) is 0 Å². The number of dihydropyridines is 1. The summed E-state index contributed by atoms with van der Waals surface area (Å²) in [6, 6.07) is 9.96. The molecule has 0 saturated heterocycles. The van der Waals surface area contributed by atoms with E-state index in [0.717, 1.165) is 5.56 Å². The van der Waals surface area contributed by atoms with Crippen LogP contribution >= 0.6 is 11.6 Å². The molecule has 1 atom stereocenters. The molecule has 0 aromatic heterocycles. The lowest BCUT2D eigenvalue weighted by atomic mass is 10.2. The molecule has 15 heavy (non-hydrogen) atoms. The second-order valence-electron chi connectivity index (χ2n) is 3.41. The lowest BCUT2D eigenvalue weighted by molar-refractivity contribution is 0.0465. The first-order valence-corrected chi connectivity index (χ1v) is 5.21. The molecule has 0 spiro atoms. The highest BCUT2D eigenvalue weighted by atomic mass is 35.5. The van der Waals surface area contributed by atoms with E-state index in [2.05, 4.69) is 4.99 Å². The highest BCUT2D eigenvalue weighted by Gasteiger charge is 2.25. The molecule has 3 heteroatoms. The Morgan fingerprint density at radius 3 is 2.80 bits per heavy atom. The van der Waals surface area contributed by atoms with Crippen molar-refractivity contribution in [2.75, 3.05) is 6.54 Å². The maximum Gasteiger partial charge on any atom is 0.180 e. The number of hydrogen-bond acceptors (Lipinski definition) is 2. The number of rotatable bonds is 3. The molecule has 1 aliphatic rings. The fraction of sp³-hybridized carbons (Fsp3) is 0.250. The van der Waals surface area contributed by atoms with E-state index in [-0.39, 0.29) is 0 Å². The number of nitrogens with zero attached hydrogens (tertiary/aromatic N) is 1. The molecule has 1 heterocycles. The lowest BCUT2D eigenvalue weighted by Crippen LogP contribution is -2.28. The van der Waals surface area contributed by atoms with Gasteiger partial charge in [0.15, 0.2) is 5.06 Å². The highest BCUT2D eigenvalue weighted by molar-refractivity contribution is 6.24. The van der Waals surface area contributed by atoms with Crippen molar-refractivity contribution in [2.24, 2.45) is 4.99 Å². The number of ether oxygens (including phenoxy) is 1. The van der Waals surface area contributed by atoms with Crippen molar-refractivity contribution in [2.45, 2.75) is 11.7 Å². The number of halogens is 1. The Labute approximate surface area is 94.2 Å². The Kier molecular flexibility index (Phi) is 3.19. The monoisotopic (exact) mass is 221 g/mol. The zero-order valence-corrected chi connectivity index (χ0v) is 9.02. The summed E-state index contributed by atoms with van der Waals surface area (Å²) in [6.45, 7) is 0.974. The third-order valence-corrected chi connectivity index (χ3v) is 2.52. The fourth-order valence-corrected chi connectivity index (χ4v) is 1.55. The molecule has 0 saturated carbocycles. The maximum absolute atomic E-state index is 6.20. The van der Waals surface area contributed by atoms with Gasteiger partial charge in [-0.1, -0.05) is 41.9 Å². The Balaban J connectivity index is 1.93. The zero-order chi connectivity index (χ0) is 10.6. The van der Waals surface area contributed by atoms with E-state index in [1.807, 2.05) is 42.5 Å². The Bertz CT molecular complexity index is 374. The van der Waals surface area contributed by atoms with Gasteiger partial charge in [-0.3, -0.25) is 4.99 Å². The van der Waals surface area contributed by atoms with Crippen LogP contribution in [0.4, 0.5) is 0 Å². The minimum atomic E-state index is -0.773. The van der Waals surface area contributed by atoms with Crippen molar-refractivity contribution in [3.8, 4) is 0 Å². The normalized spacial score (nSPS) is 24.3. The van der Waals surface area contributed by atoms with Crippen LogP contribution < -0.4 is 0 Å². The average molecular weight is 222 g/mol. The standard InChI is InChI=1S/C12H12ClNO/c13-12(7-4-8-14-10-12)15-9-11-5-2-1-3-6-11/h1-8H,9-10H2. The largest absolute Gasteiger partial charge is 0.349 e. The second kappa shape index (κ2) is 4.60. The molecule has 0 bridgehead atoms. The van der Waals surface area contributed by atoms with E-state index in [4.69, 9.17) is 16.3 Å². The molecule has 78 valence electrons. The summed E-state index contributed by atoms with van der Waals surface area (Å²) < 4.78 is 5.62. The van der Waals surface area contributed by atoms with Crippen molar-refractivity contribution in [1.29, 1.82) is 0 Å². The van der Waals surface area contributed by atoms with Crippen molar-refractivity contribution in [3.63, 3.8) is 0 Å². The van der Waals surface area contributed by atoms with Gasteiger partial charge in [0.1, 0.15) is 0 Å². The van der Waals surface area contributed by atoms with Crippen LogP contribution in [0.25, 0.3) is 0 Å². The first-order chi connectivity index (χ1) is 7.29. The minimum absolute atomic E-state index is 0.470. The molecule has 1 aliphatic heterocycles. The smallest absolute Gasteiger partial charge is 0.180 e. The minimum Gasteiger partial charge on any atom is -0.349 e. The molecule has 2 nitrogen and oxygen atoms in total. The lowest BCUT2D eigenvalue weighted by Gasteiger charge is -2.23. The molecule has 0 amide bonds. The fourth-order valence-electron chi connectivity index (χ4n) is 1.35. The summed E-state index contributed by atoms with van der Waals surface area (Å²) in [5.41, 5.74) is 1.11. The van der Waals surface area contributed by atoms with Gasteiger partial charge in [-0.15, -0.1) is 0 Å². The summed E-state index contributed by atoms with van der Waals surface area (Å²) >= 11 is 6.20. The summed E-state index contributed by atoms with van der Waals surface area (Å²) in [6.07, 6.45) is 5.36. The van der Waals surface area contributed by atoms with E-state index in [0.29, 0.717) is 13.2 Å². The molecule has 0 N–H and O–H groups in total. The van der Waals surface area contributed by atoms with Gasteiger partial charge < -0.3 is 4.74 Å². The summed E-state index contributed by atoms with van der Waals surface area (Å²) in [7, 11) is 0. The number of hydrogen-bond donors (Lipinski definition) is 0. The Morgan fingerprint density at radius 1 is 1.33 bits per heavy atom. The average Bonchev–Trinajstić information content (AvgIpc) is 2.29. The Hall–Kier alpha value is -1.12. The van der Waals surface area contributed by atoms with Crippen molar-refractivity contribution < 1.29 is 4.74 Å². The zero-order valence-electron chi connectivity index (χ0n) is 8.27. The first kappa shape index (κ1) is 10.4. The molecule has 0 aliphatic carbocycles. The maximum atomic E-state index is 6.20. The van der Waals surface area contributed by atoms with Crippen molar-refractivity contribution in [1.82, 2.24) is 0 Å². The number of benzene rings is 1. The summed E-state index contributed by atoms with van der Waals surface area (Å²) in [5.74, 6) is 0. The molecule has 1 aromatic carbocycles. The molecule has 2 rings (SSSR count). The van der Waals surface area contributed by atoms with Gasteiger partial charge in [0.2, 0.25) is 0 Å². The molecule has 1 aromatic rings. The van der Waals surface area contributed by atoms with Crippen LogP contribution in [0.3, 0.4) is 0 Å². The van der Waals surface area contributed by atoms with Crippen molar-refractivity contribution >= 4 is 17.8 Å². The Morgan fingerprint density at radius 2 is 2.13 bits per heavy atom. The summed E-state index contributed by atoms with van der Waals surface area (Å²) in [4.78, 5) is 4.07. The van der Waals surface area contributed by atoms with E-state index < -0.39 is 5.06 Å². The van der Waals surface area contributed by atoms with E-state index in [1.54, 1.807) is 6.21 Å². The van der Waals surface area contributed by atoms with Gasteiger partial charge in [0.05, 0.1) is 13.2 Å². The van der Waals surface area contributed by atoms with Gasteiger partial charge in [0, 0.05) is 6.21 Å². The van der Waals surface area contributed by atoms with Crippen LogP contribution in [-0.2, 0) is 11.3 Å². The quantitative estimate of drug-likeness (QED) is 0.720. The number of alkyl halides is 1. The number of allylic oxidation sites excluding steroid dienone is 1. The van der Waals surface area contributed by atoms with Gasteiger partial charge in [0.25, 0.3) is 0 Å². The molecule has 1 unspecified atom stereocenters.